The lowest BCUT2D eigenvalue weighted by Gasteiger charge is -2.23. The van der Waals surface area contributed by atoms with E-state index in [1.165, 1.54) is 11.1 Å². The highest BCUT2D eigenvalue weighted by atomic mass is 127. The minimum absolute atomic E-state index is 0.179. The van der Waals surface area contributed by atoms with Gasteiger partial charge in [-0.15, -0.1) is 0 Å². The number of halogens is 1. The second-order valence-electron chi connectivity index (χ2n) is 4.19. The van der Waals surface area contributed by atoms with Crippen LogP contribution in [-0.4, -0.2) is 16.9 Å². The van der Waals surface area contributed by atoms with Gasteiger partial charge in [-0.2, -0.15) is 0 Å². The number of benzene rings is 1. The molecule has 2 rings (SSSR count). The van der Waals surface area contributed by atoms with Crippen LogP contribution in [-0.2, 0) is 17.6 Å². The third kappa shape index (κ3) is 2.75. The highest BCUT2D eigenvalue weighted by Gasteiger charge is 2.23. The van der Waals surface area contributed by atoms with E-state index >= 15 is 0 Å². The zero-order valence-corrected chi connectivity index (χ0v) is 11.4. The second kappa shape index (κ2) is 5.66. The quantitative estimate of drug-likeness (QED) is 0.669. The van der Waals surface area contributed by atoms with E-state index in [1.807, 2.05) is 0 Å². The standard InChI is InChI=1S/C13H16INO/c14-7-8-15-13(16)12-6-5-10-3-1-2-4-11(10)9-12/h1-4,12H,5-9H2,(H,15,16). The molecule has 0 heterocycles. The Balaban J connectivity index is 1.99. The molecule has 1 N–H and O–H groups in total. The summed E-state index contributed by atoms with van der Waals surface area (Å²) in [7, 11) is 0. The molecule has 0 aliphatic heterocycles. The molecule has 0 saturated heterocycles. The molecule has 2 nitrogen and oxygen atoms in total. The number of hydrogen-bond acceptors (Lipinski definition) is 1. The Morgan fingerprint density at radius 1 is 1.38 bits per heavy atom. The minimum Gasteiger partial charge on any atom is -0.355 e. The molecule has 0 aromatic heterocycles. The van der Waals surface area contributed by atoms with E-state index in [1.54, 1.807) is 0 Å². The van der Waals surface area contributed by atoms with Gasteiger partial charge in [-0.3, -0.25) is 4.79 Å². The predicted molar refractivity (Wildman–Crippen MR) is 73.9 cm³/mol. The maximum absolute atomic E-state index is 11.9. The number of rotatable bonds is 3. The number of fused-ring (bicyclic) bond motifs is 1. The molecule has 1 unspecified atom stereocenters. The van der Waals surface area contributed by atoms with Crippen LogP contribution in [0, 0.1) is 5.92 Å². The van der Waals surface area contributed by atoms with E-state index in [9.17, 15) is 4.79 Å². The lowest BCUT2D eigenvalue weighted by Crippen LogP contribution is -2.35. The number of aryl methyl sites for hydroxylation is 1. The molecule has 1 atom stereocenters. The summed E-state index contributed by atoms with van der Waals surface area (Å²) in [5.74, 6) is 0.406. The zero-order chi connectivity index (χ0) is 11.4. The molecule has 16 heavy (non-hydrogen) atoms. The van der Waals surface area contributed by atoms with E-state index in [0.717, 1.165) is 30.2 Å². The number of carbonyl (C=O) groups excluding carboxylic acids is 1. The van der Waals surface area contributed by atoms with Crippen molar-refractivity contribution in [2.45, 2.75) is 19.3 Å². The predicted octanol–water partition coefficient (Wildman–Crippen LogP) is 2.34. The lowest BCUT2D eigenvalue weighted by molar-refractivity contribution is -0.125. The normalized spacial score (nSPS) is 18.9. The maximum Gasteiger partial charge on any atom is 0.223 e. The van der Waals surface area contributed by atoms with Crippen molar-refractivity contribution in [2.75, 3.05) is 11.0 Å². The molecule has 0 saturated carbocycles. The van der Waals surface area contributed by atoms with Gasteiger partial charge in [0.2, 0.25) is 5.91 Å². The molecule has 1 aromatic rings. The summed E-state index contributed by atoms with van der Waals surface area (Å²) < 4.78 is 0.979. The van der Waals surface area contributed by atoms with Gasteiger partial charge in [0.05, 0.1) is 0 Å². The first-order chi connectivity index (χ1) is 7.81. The number of amides is 1. The summed E-state index contributed by atoms with van der Waals surface area (Å²) in [5, 5.41) is 2.99. The number of carbonyl (C=O) groups is 1. The molecule has 3 heteroatoms. The summed E-state index contributed by atoms with van der Waals surface area (Å²) in [6.45, 7) is 0.789. The third-order valence-electron chi connectivity index (χ3n) is 3.11. The number of hydrogen-bond donors (Lipinski definition) is 1. The van der Waals surface area contributed by atoms with Gasteiger partial charge in [0.25, 0.3) is 0 Å². The van der Waals surface area contributed by atoms with E-state index in [4.69, 9.17) is 0 Å². The molecular weight excluding hydrogens is 313 g/mol. The lowest BCUT2D eigenvalue weighted by atomic mass is 9.83. The van der Waals surface area contributed by atoms with Gasteiger partial charge < -0.3 is 5.32 Å². The number of alkyl halides is 1. The van der Waals surface area contributed by atoms with Crippen molar-refractivity contribution in [3.8, 4) is 0 Å². The molecule has 0 spiro atoms. The van der Waals surface area contributed by atoms with Crippen molar-refractivity contribution in [2.24, 2.45) is 5.92 Å². The molecule has 0 fully saturated rings. The van der Waals surface area contributed by atoms with Gasteiger partial charge in [-0.1, -0.05) is 46.9 Å². The van der Waals surface area contributed by atoms with E-state index in [2.05, 4.69) is 52.2 Å². The Morgan fingerprint density at radius 2 is 2.12 bits per heavy atom. The fraction of sp³-hybridized carbons (Fsp3) is 0.462. The summed E-state index contributed by atoms with van der Waals surface area (Å²) >= 11 is 2.28. The molecule has 1 aliphatic carbocycles. The Kier molecular flexibility index (Phi) is 4.21. The van der Waals surface area contributed by atoms with Crippen LogP contribution >= 0.6 is 22.6 Å². The second-order valence-corrected chi connectivity index (χ2v) is 5.27. The molecular formula is C13H16INO. The Morgan fingerprint density at radius 3 is 2.88 bits per heavy atom. The van der Waals surface area contributed by atoms with E-state index < -0.39 is 0 Å². The van der Waals surface area contributed by atoms with Crippen molar-refractivity contribution >= 4 is 28.5 Å². The van der Waals surface area contributed by atoms with E-state index in [0.29, 0.717) is 0 Å². The molecule has 86 valence electrons. The van der Waals surface area contributed by atoms with Crippen molar-refractivity contribution in [3.05, 3.63) is 35.4 Å². The average molecular weight is 329 g/mol. The van der Waals surface area contributed by atoms with Gasteiger partial charge >= 0.3 is 0 Å². The fourth-order valence-corrected chi connectivity index (χ4v) is 2.51. The Hall–Kier alpha value is -0.580. The molecule has 1 aromatic carbocycles. The summed E-state index contributed by atoms with van der Waals surface area (Å²) in [5.41, 5.74) is 2.77. The largest absolute Gasteiger partial charge is 0.355 e. The molecule has 1 aliphatic rings. The van der Waals surface area contributed by atoms with Crippen LogP contribution in [0.4, 0.5) is 0 Å². The first-order valence-electron chi connectivity index (χ1n) is 5.71. The fourth-order valence-electron chi connectivity index (χ4n) is 2.24. The van der Waals surface area contributed by atoms with Crippen LogP contribution in [0.25, 0.3) is 0 Å². The van der Waals surface area contributed by atoms with Crippen LogP contribution in [0.2, 0.25) is 0 Å². The number of nitrogens with one attached hydrogen (secondary N) is 1. The van der Waals surface area contributed by atoms with Gasteiger partial charge in [0, 0.05) is 16.9 Å². The summed E-state index contributed by atoms with van der Waals surface area (Å²) in [6.07, 6.45) is 2.94. The topological polar surface area (TPSA) is 29.1 Å². The first kappa shape index (κ1) is 11.9. The third-order valence-corrected chi connectivity index (χ3v) is 3.65. The van der Waals surface area contributed by atoms with Gasteiger partial charge in [0.15, 0.2) is 0 Å². The van der Waals surface area contributed by atoms with Gasteiger partial charge in [-0.25, -0.2) is 0 Å². The van der Waals surface area contributed by atoms with Crippen molar-refractivity contribution in [1.29, 1.82) is 0 Å². The highest BCUT2D eigenvalue weighted by Crippen LogP contribution is 2.25. The summed E-state index contributed by atoms with van der Waals surface area (Å²) in [6, 6.07) is 8.46. The first-order valence-corrected chi connectivity index (χ1v) is 7.24. The van der Waals surface area contributed by atoms with Crippen molar-refractivity contribution < 1.29 is 4.79 Å². The smallest absolute Gasteiger partial charge is 0.223 e. The zero-order valence-electron chi connectivity index (χ0n) is 9.21. The molecule has 0 radical (unpaired) electrons. The Bertz CT molecular complexity index is 378. The van der Waals surface area contributed by atoms with Crippen LogP contribution in [0.1, 0.15) is 17.5 Å². The summed E-state index contributed by atoms with van der Waals surface area (Å²) in [4.78, 5) is 11.9. The van der Waals surface area contributed by atoms with Crippen LogP contribution in [0.3, 0.4) is 0 Å². The monoisotopic (exact) mass is 329 g/mol. The van der Waals surface area contributed by atoms with E-state index in [-0.39, 0.29) is 11.8 Å². The van der Waals surface area contributed by atoms with Crippen LogP contribution < -0.4 is 5.32 Å². The molecule has 1 amide bonds. The minimum atomic E-state index is 0.179. The van der Waals surface area contributed by atoms with Gasteiger partial charge in [0.1, 0.15) is 0 Å². The Labute approximate surface area is 110 Å². The van der Waals surface area contributed by atoms with Crippen molar-refractivity contribution in [3.63, 3.8) is 0 Å². The van der Waals surface area contributed by atoms with Crippen molar-refractivity contribution in [1.82, 2.24) is 5.32 Å². The highest BCUT2D eigenvalue weighted by molar-refractivity contribution is 14.1. The molecule has 0 bridgehead atoms. The van der Waals surface area contributed by atoms with Crippen LogP contribution in [0.15, 0.2) is 24.3 Å². The van der Waals surface area contributed by atoms with Crippen LogP contribution in [0.5, 0.6) is 0 Å². The SMILES string of the molecule is O=C(NCCI)C1CCc2ccccc2C1. The van der Waals surface area contributed by atoms with Gasteiger partial charge in [-0.05, 0) is 30.4 Å². The maximum atomic E-state index is 11.9. The average Bonchev–Trinajstić information content (AvgIpc) is 2.35.